The standard InChI is InChI=1S/C22H28N4O2/c1-5-7-17-10-11-18-22(23-17)25-20(24-18)12-13-26(4)21(27)14-28-19-9-6-8-15(2)16(19)3/h6,8-11H,5,7,12-14H2,1-4H3,(H,23,24,25). The Bertz CT molecular complexity index is 964. The Labute approximate surface area is 166 Å². The minimum absolute atomic E-state index is 0.0306. The van der Waals surface area contributed by atoms with Crippen LogP contribution in [-0.2, 0) is 17.6 Å². The topological polar surface area (TPSA) is 71.1 Å². The minimum atomic E-state index is -0.0552. The molecule has 0 saturated carbocycles. The molecule has 2 aromatic heterocycles. The number of ether oxygens (including phenoxy) is 1. The average molecular weight is 380 g/mol. The van der Waals surface area contributed by atoms with Gasteiger partial charge in [0, 0.05) is 25.7 Å². The van der Waals surface area contributed by atoms with Gasteiger partial charge in [-0.3, -0.25) is 4.79 Å². The molecule has 0 radical (unpaired) electrons. The van der Waals surface area contributed by atoms with Crippen LogP contribution < -0.4 is 4.74 Å². The van der Waals surface area contributed by atoms with Gasteiger partial charge in [0.15, 0.2) is 12.3 Å². The molecule has 0 atom stereocenters. The summed E-state index contributed by atoms with van der Waals surface area (Å²) in [6.07, 6.45) is 2.66. The molecule has 0 spiro atoms. The lowest BCUT2D eigenvalue weighted by atomic mass is 10.1. The number of amides is 1. The predicted octanol–water partition coefficient (Wildman–Crippen LogP) is 3.61. The van der Waals surface area contributed by atoms with E-state index < -0.39 is 0 Å². The summed E-state index contributed by atoms with van der Waals surface area (Å²) in [5.41, 5.74) is 4.95. The molecule has 3 aromatic rings. The molecular weight excluding hydrogens is 352 g/mol. The summed E-state index contributed by atoms with van der Waals surface area (Å²) in [5.74, 6) is 1.54. The van der Waals surface area contributed by atoms with Gasteiger partial charge in [-0.25, -0.2) is 9.97 Å². The number of rotatable bonds is 8. The summed E-state index contributed by atoms with van der Waals surface area (Å²) < 4.78 is 5.71. The normalized spacial score (nSPS) is 11.0. The molecule has 0 aliphatic carbocycles. The molecule has 1 aromatic carbocycles. The van der Waals surface area contributed by atoms with Crippen molar-refractivity contribution in [3.8, 4) is 5.75 Å². The molecule has 2 heterocycles. The maximum absolute atomic E-state index is 12.4. The summed E-state index contributed by atoms with van der Waals surface area (Å²) in [6.45, 7) is 6.77. The smallest absolute Gasteiger partial charge is 0.260 e. The van der Waals surface area contributed by atoms with E-state index >= 15 is 0 Å². The number of aryl methyl sites for hydroxylation is 2. The van der Waals surface area contributed by atoms with Gasteiger partial charge >= 0.3 is 0 Å². The van der Waals surface area contributed by atoms with Crippen LogP contribution in [0.4, 0.5) is 0 Å². The monoisotopic (exact) mass is 380 g/mol. The third-order valence-corrected chi connectivity index (χ3v) is 4.97. The summed E-state index contributed by atoms with van der Waals surface area (Å²) in [5, 5.41) is 0. The van der Waals surface area contributed by atoms with Crippen molar-refractivity contribution in [3.63, 3.8) is 0 Å². The Hall–Kier alpha value is -2.89. The van der Waals surface area contributed by atoms with Gasteiger partial charge < -0.3 is 14.6 Å². The molecular formula is C22H28N4O2. The number of carbonyl (C=O) groups excluding carboxylic acids is 1. The van der Waals surface area contributed by atoms with Crippen molar-refractivity contribution in [2.75, 3.05) is 20.2 Å². The maximum Gasteiger partial charge on any atom is 0.260 e. The number of nitrogens with one attached hydrogen (secondary N) is 1. The first-order valence-corrected chi connectivity index (χ1v) is 9.75. The first-order valence-electron chi connectivity index (χ1n) is 9.75. The van der Waals surface area contributed by atoms with E-state index in [9.17, 15) is 4.79 Å². The number of aromatic amines is 1. The van der Waals surface area contributed by atoms with Gasteiger partial charge in [-0.15, -0.1) is 0 Å². The van der Waals surface area contributed by atoms with E-state index in [-0.39, 0.29) is 12.5 Å². The van der Waals surface area contributed by atoms with E-state index in [1.165, 1.54) is 0 Å². The van der Waals surface area contributed by atoms with Gasteiger partial charge in [0.05, 0.1) is 5.52 Å². The second kappa shape index (κ2) is 8.87. The van der Waals surface area contributed by atoms with Crippen LogP contribution in [0.25, 0.3) is 11.2 Å². The van der Waals surface area contributed by atoms with E-state index in [2.05, 4.69) is 21.9 Å². The molecule has 0 unspecified atom stereocenters. The molecule has 148 valence electrons. The van der Waals surface area contributed by atoms with Gasteiger partial charge in [-0.2, -0.15) is 0 Å². The number of nitrogens with zero attached hydrogens (tertiary/aromatic N) is 3. The Morgan fingerprint density at radius 3 is 2.75 bits per heavy atom. The lowest BCUT2D eigenvalue weighted by molar-refractivity contribution is -0.132. The first-order chi connectivity index (χ1) is 13.5. The number of fused-ring (bicyclic) bond motifs is 1. The second-order valence-corrected chi connectivity index (χ2v) is 7.16. The Balaban J connectivity index is 1.54. The molecule has 6 nitrogen and oxygen atoms in total. The van der Waals surface area contributed by atoms with Gasteiger partial charge in [0.25, 0.3) is 5.91 Å². The highest BCUT2D eigenvalue weighted by Crippen LogP contribution is 2.20. The van der Waals surface area contributed by atoms with Crippen LogP contribution in [0.15, 0.2) is 30.3 Å². The molecule has 0 fully saturated rings. The van der Waals surface area contributed by atoms with Crippen molar-refractivity contribution in [3.05, 3.63) is 53.0 Å². The lowest BCUT2D eigenvalue weighted by Gasteiger charge is -2.17. The summed E-state index contributed by atoms with van der Waals surface area (Å²) in [6, 6.07) is 9.92. The number of hydrogen-bond donors (Lipinski definition) is 1. The highest BCUT2D eigenvalue weighted by atomic mass is 16.5. The quantitative estimate of drug-likeness (QED) is 0.648. The van der Waals surface area contributed by atoms with Crippen molar-refractivity contribution in [1.29, 1.82) is 0 Å². The van der Waals surface area contributed by atoms with E-state index in [1.54, 1.807) is 11.9 Å². The van der Waals surface area contributed by atoms with Crippen LogP contribution in [0.5, 0.6) is 5.75 Å². The van der Waals surface area contributed by atoms with Crippen LogP contribution in [-0.4, -0.2) is 46.0 Å². The molecule has 3 rings (SSSR count). The summed E-state index contributed by atoms with van der Waals surface area (Å²) >= 11 is 0. The number of pyridine rings is 1. The number of aromatic nitrogens is 3. The van der Waals surface area contributed by atoms with Crippen molar-refractivity contribution < 1.29 is 9.53 Å². The number of carbonyl (C=O) groups is 1. The number of benzene rings is 1. The fourth-order valence-electron chi connectivity index (χ4n) is 3.02. The highest BCUT2D eigenvalue weighted by molar-refractivity contribution is 5.77. The van der Waals surface area contributed by atoms with Crippen molar-refractivity contribution in [2.45, 2.75) is 40.0 Å². The maximum atomic E-state index is 12.4. The SMILES string of the molecule is CCCc1ccc2[nH]c(CCN(C)C(=O)COc3cccc(C)c3C)nc2n1. The largest absolute Gasteiger partial charge is 0.483 e. The van der Waals surface area contributed by atoms with Crippen LogP contribution >= 0.6 is 0 Å². The fourth-order valence-corrected chi connectivity index (χ4v) is 3.02. The molecule has 1 amide bonds. The number of imidazole rings is 1. The van der Waals surface area contributed by atoms with E-state index in [0.717, 1.165) is 52.4 Å². The van der Waals surface area contributed by atoms with Crippen LogP contribution in [0, 0.1) is 13.8 Å². The van der Waals surface area contributed by atoms with Crippen LogP contribution in [0.1, 0.15) is 36.0 Å². The van der Waals surface area contributed by atoms with Gasteiger partial charge in [-0.1, -0.05) is 25.5 Å². The third kappa shape index (κ3) is 4.68. The van der Waals surface area contributed by atoms with Gasteiger partial charge in [0.2, 0.25) is 0 Å². The zero-order valence-corrected chi connectivity index (χ0v) is 17.1. The van der Waals surface area contributed by atoms with Crippen molar-refractivity contribution in [1.82, 2.24) is 19.9 Å². The van der Waals surface area contributed by atoms with Crippen LogP contribution in [0.2, 0.25) is 0 Å². The highest BCUT2D eigenvalue weighted by Gasteiger charge is 2.12. The van der Waals surface area contributed by atoms with E-state index in [4.69, 9.17) is 4.74 Å². The predicted molar refractivity (Wildman–Crippen MR) is 111 cm³/mol. The molecule has 0 bridgehead atoms. The van der Waals surface area contributed by atoms with Crippen LogP contribution in [0.3, 0.4) is 0 Å². The van der Waals surface area contributed by atoms with Gasteiger partial charge in [0.1, 0.15) is 11.6 Å². The Morgan fingerprint density at radius 2 is 1.96 bits per heavy atom. The van der Waals surface area contributed by atoms with Crippen molar-refractivity contribution >= 4 is 17.1 Å². The molecule has 28 heavy (non-hydrogen) atoms. The van der Waals surface area contributed by atoms with Crippen molar-refractivity contribution in [2.24, 2.45) is 0 Å². The fraction of sp³-hybridized carbons (Fsp3) is 0.409. The molecule has 1 N–H and O–H groups in total. The summed E-state index contributed by atoms with van der Waals surface area (Å²) in [7, 11) is 1.79. The molecule has 0 saturated heterocycles. The Kier molecular flexibility index (Phi) is 6.29. The number of likely N-dealkylation sites (N-methyl/N-ethyl adjacent to an activating group) is 1. The zero-order chi connectivity index (χ0) is 20.1. The second-order valence-electron chi connectivity index (χ2n) is 7.16. The third-order valence-electron chi connectivity index (χ3n) is 4.97. The number of hydrogen-bond acceptors (Lipinski definition) is 4. The lowest BCUT2D eigenvalue weighted by Crippen LogP contribution is -2.33. The number of H-pyrrole nitrogens is 1. The van der Waals surface area contributed by atoms with E-state index in [1.807, 2.05) is 44.2 Å². The zero-order valence-electron chi connectivity index (χ0n) is 17.1. The summed E-state index contributed by atoms with van der Waals surface area (Å²) in [4.78, 5) is 26.5. The van der Waals surface area contributed by atoms with Gasteiger partial charge in [-0.05, 0) is 49.6 Å². The minimum Gasteiger partial charge on any atom is -0.483 e. The van der Waals surface area contributed by atoms with E-state index in [0.29, 0.717) is 13.0 Å². The molecule has 0 aliphatic rings. The molecule has 6 heteroatoms. The first kappa shape index (κ1) is 19.9. The Morgan fingerprint density at radius 1 is 1.14 bits per heavy atom. The molecule has 0 aliphatic heterocycles. The average Bonchev–Trinajstić information content (AvgIpc) is 3.09.